The molecule has 5 heteroatoms. The van der Waals surface area contributed by atoms with Crippen molar-refractivity contribution in [3.05, 3.63) is 52.8 Å². The molecule has 0 N–H and O–H groups in total. The molecule has 0 saturated carbocycles. The van der Waals surface area contributed by atoms with E-state index in [2.05, 4.69) is 4.98 Å². The lowest BCUT2D eigenvalue weighted by molar-refractivity contribution is 0.102. The van der Waals surface area contributed by atoms with Crippen molar-refractivity contribution in [3.63, 3.8) is 0 Å². The summed E-state index contributed by atoms with van der Waals surface area (Å²) in [6, 6.07) is 4.00. The molecule has 0 bridgehead atoms. The Hall–Kier alpha value is -1.68. The Balaban J connectivity index is 2.38. The van der Waals surface area contributed by atoms with Gasteiger partial charge in [0.25, 0.3) is 0 Å². The first-order valence-electron chi connectivity index (χ1n) is 5.64. The summed E-state index contributed by atoms with van der Waals surface area (Å²) < 4.78 is 15.4. The van der Waals surface area contributed by atoms with Crippen LogP contribution in [0, 0.1) is 5.82 Å². The quantitative estimate of drug-likeness (QED) is 0.796. The number of aromatic nitrogens is 2. The fraction of sp³-hybridized carbons (Fsp3) is 0.231. The van der Waals surface area contributed by atoms with Crippen LogP contribution < -0.4 is 0 Å². The summed E-state index contributed by atoms with van der Waals surface area (Å²) in [4.78, 5) is 16.2. The fourth-order valence-corrected chi connectivity index (χ4v) is 1.89. The van der Waals surface area contributed by atoms with Crippen molar-refractivity contribution in [2.45, 2.75) is 19.9 Å². The van der Waals surface area contributed by atoms with E-state index in [1.807, 2.05) is 6.92 Å². The van der Waals surface area contributed by atoms with Crippen LogP contribution in [0.4, 0.5) is 4.39 Å². The minimum absolute atomic E-state index is 0.0112. The van der Waals surface area contributed by atoms with Crippen LogP contribution in [-0.4, -0.2) is 15.3 Å². The molecule has 0 saturated heterocycles. The maximum Gasteiger partial charge on any atom is 0.231 e. The molecule has 94 valence electrons. The van der Waals surface area contributed by atoms with E-state index in [1.165, 1.54) is 18.3 Å². The van der Waals surface area contributed by atoms with E-state index in [9.17, 15) is 9.18 Å². The SMILES string of the molecule is CCCn1ccnc1C(=O)c1ccc(Cl)cc1F. The first-order valence-corrected chi connectivity index (χ1v) is 6.02. The average Bonchev–Trinajstić information content (AvgIpc) is 2.77. The number of carbonyl (C=O) groups excluding carboxylic acids is 1. The number of nitrogens with zero attached hydrogens (tertiary/aromatic N) is 2. The summed E-state index contributed by atoms with van der Waals surface area (Å²) in [6.45, 7) is 2.67. The topological polar surface area (TPSA) is 34.9 Å². The molecule has 0 radical (unpaired) electrons. The second-order valence-electron chi connectivity index (χ2n) is 3.90. The Labute approximate surface area is 109 Å². The van der Waals surface area contributed by atoms with Crippen molar-refractivity contribution in [2.75, 3.05) is 0 Å². The van der Waals surface area contributed by atoms with E-state index in [0.717, 1.165) is 12.5 Å². The normalized spacial score (nSPS) is 10.6. The van der Waals surface area contributed by atoms with Crippen molar-refractivity contribution in [1.29, 1.82) is 0 Å². The van der Waals surface area contributed by atoms with Crippen LogP contribution in [0.15, 0.2) is 30.6 Å². The molecule has 0 amide bonds. The summed E-state index contributed by atoms with van der Waals surface area (Å²) in [7, 11) is 0. The van der Waals surface area contributed by atoms with Crippen molar-refractivity contribution in [2.24, 2.45) is 0 Å². The monoisotopic (exact) mass is 266 g/mol. The Bertz CT molecular complexity index is 580. The molecule has 0 aliphatic rings. The molecular weight excluding hydrogens is 255 g/mol. The van der Waals surface area contributed by atoms with Gasteiger partial charge in [0.05, 0.1) is 5.56 Å². The van der Waals surface area contributed by atoms with Crippen LogP contribution in [0.2, 0.25) is 5.02 Å². The minimum Gasteiger partial charge on any atom is -0.328 e. The van der Waals surface area contributed by atoms with E-state index in [4.69, 9.17) is 11.6 Å². The number of ketones is 1. The van der Waals surface area contributed by atoms with E-state index in [-0.39, 0.29) is 16.4 Å². The second kappa shape index (κ2) is 5.31. The van der Waals surface area contributed by atoms with Gasteiger partial charge in [0, 0.05) is 24.0 Å². The predicted octanol–water partition coefficient (Wildman–Crippen LogP) is 3.32. The molecule has 2 rings (SSSR count). The van der Waals surface area contributed by atoms with Gasteiger partial charge in [-0.2, -0.15) is 0 Å². The highest BCUT2D eigenvalue weighted by Crippen LogP contribution is 2.17. The van der Waals surface area contributed by atoms with E-state index in [1.54, 1.807) is 10.8 Å². The zero-order chi connectivity index (χ0) is 13.1. The van der Waals surface area contributed by atoms with Crippen LogP contribution in [0.5, 0.6) is 0 Å². The van der Waals surface area contributed by atoms with Crippen LogP contribution in [-0.2, 0) is 6.54 Å². The number of rotatable bonds is 4. The van der Waals surface area contributed by atoms with Crippen LogP contribution in [0.25, 0.3) is 0 Å². The lowest BCUT2D eigenvalue weighted by atomic mass is 10.1. The molecule has 0 fully saturated rings. The first kappa shape index (κ1) is 12.8. The number of carbonyl (C=O) groups is 1. The number of benzene rings is 1. The summed E-state index contributed by atoms with van der Waals surface area (Å²) >= 11 is 5.66. The molecule has 1 aromatic carbocycles. The smallest absolute Gasteiger partial charge is 0.231 e. The van der Waals surface area contributed by atoms with E-state index < -0.39 is 11.6 Å². The van der Waals surface area contributed by atoms with Gasteiger partial charge in [-0.15, -0.1) is 0 Å². The number of hydrogen-bond donors (Lipinski definition) is 0. The van der Waals surface area contributed by atoms with E-state index >= 15 is 0 Å². The minimum atomic E-state index is -0.626. The molecule has 18 heavy (non-hydrogen) atoms. The van der Waals surface area contributed by atoms with Gasteiger partial charge < -0.3 is 4.57 Å². The van der Waals surface area contributed by atoms with Gasteiger partial charge in [0.2, 0.25) is 5.78 Å². The number of hydrogen-bond acceptors (Lipinski definition) is 2. The van der Waals surface area contributed by atoms with Gasteiger partial charge in [-0.3, -0.25) is 4.79 Å². The maximum absolute atomic E-state index is 13.7. The van der Waals surface area contributed by atoms with Gasteiger partial charge >= 0.3 is 0 Å². The number of halogens is 2. The maximum atomic E-state index is 13.7. The van der Waals surface area contributed by atoms with Gasteiger partial charge in [-0.25, -0.2) is 9.37 Å². The van der Waals surface area contributed by atoms with Gasteiger partial charge in [0.15, 0.2) is 5.82 Å². The molecule has 0 aliphatic heterocycles. The molecule has 1 heterocycles. The zero-order valence-electron chi connectivity index (χ0n) is 9.86. The molecular formula is C13H12ClFN2O. The third kappa shape index (κ3) is 2.43. The van der Waals surface area contributed by atoms with Gasteiger partial charge in [-0.05, 0) is 24.6 Å². The van der Waals surface area contributed by atoms with Crippen LogP contribution >= 0.6 is 11.6 Å². The summed E-state index contributed by atoms with van der Waals surface area (Å²) in [6.07, 6.45) is 4.13. The second-order valence-corrected chi connectivity index (χ2v) is 4.33. The molecule has 0 aliphatic carbocycles. The molecule has 0 atom stereocenters. The summed E-state index contributed by atoms with van der Waals surface area (Å²) in [5.74, 6) is -0.806. The van der Waals surface area contributed by atoms with Gasteiger partial charge in [0.1, 0.15) is 5.82 Å². The van der Waals surface area contributed by atoms with Gasteiger partial charge in [-0.1, -0.05) is 18.5 Å². The Morgan fingerprint density at radius 3 is 2.94 bits per heavy atom. The summed E-state index contributed by atoms with van der Waals surface area (Å²) in [5.41, 5.74) is -0.0112. The van der Waals surface area contributed by atoms with Crippen LogP contribution in [0.1, 0.15) is 29.5 Å². The third-order valence-corrected chi connectivity index (χ3v) is 2.79. The Morgan fingerprint density at radius 1 is 1.50 bits per heavy atom. The molecule has 3 nitrogen and oxygen atoms in total. The highest BCUT2D eigenvalue weighted by Gasteiger charge is 2.18. The molecule has 1 aromatic heterocycles. The van der Waals surface area contributed by atoms with Crippen LogP contribution in [0.3, 0.4) is 0 Å². The zero-order valence-corrected chi connectivity index (χ0v) is 10.6. The Kier molecular flexibility index (Phi) is 3.77. The standard InChI is InChI=1S/C13H12ClFN2O/c1-2-6-17-7-5-16-13(17)12(18)10-4-3-9(14)8-11(10)15/h3-5,7-8H,2,6H2,1H3. The number of aryl methyl sites for hydroxylation is 1. The van der Waals surface area contributed by atoms with Crippen molar-refractivity contribution < 1.29 is 9.18 Å². The molecule has 2 aromatic rings. The summed E-state index contributed by atoms with van der Waals surface area (Å²) in [5, 5.41) is 0.265. The molecule has 0 unspecified atom stereocenters. The largest absolute Gasteiger partial charge is 0.328 e. The lowest BCUT2D eigenvalue weighted by Crippen LogP contribution is -2.12. The predicted molar refractivity (Wildman–Crippen MR) is 67.4 cm³/mol. The highest BCUT2D eigenvalue weighted by molar-refractivity contribution is 6.30. The van der Waals surface area contributed by atoms with Crippen molar-refractivity contribution in [3.8, 4) is 0 Å². The average molecular weight is 267 g/mol. The van der Waals surface area contributed by atoms with E-state index in [0.29, 0.717) is 6.54 Å². The lowest BCUT2D eigenvalue weighted by Gasteiger charge is -2.06. The number of imidazole rings is 1. The highest BCUT2D eigenvalue weighted by atomic mass is 35.5. The third-order valence-electron chi connectivity index (χ3n) is 2.56. The van der Waals surface area contributed by atoms with Crippen molar-refractivity contribution in [1.82, 2.24) is 9.55 Å². The fourth-order valence-electron chi connectivity index (χ4n) is 1.73. The van der Waals surface area contributed by atoms with Crippen molar-refractivity contribution >= 4 is 17.4 Å². The Morgan fingerprint density at radius 2 is 2.28 bits per heavy atom. The molecule has 0 spiro atoms. The first-order chi connectivity index (χ1) is 8.63.